The first kappa shape index (κ1) is 19.1. The average Bonchev–Trinajstić information content (AvgIpc) is 2.60. The molecule has 0 aliphatic rings. The van der Waals surface area contributed by atoms with E-state index >= 15 is 0 Å². The van der Waals surface area contributed by atoms with Crippen LogP contribution in [0, 0.1) is 0 Å². The largest absolute Gasteiger partial charge is 0.493 e. The molecular weight excluding hydrogens is 340 g/mol. The van der Waals surface area contributed by atoms with Gasteiger partial charge in [0.15, 0.2) is 11.5 Å². The van der Waals surface area contributed by atoms with Crippen molar-refractivity contribution in [1.82, 2.24) is 4.90 Å². The van der Waals surface area contributed by atoms with Crippen LogP contribution in [0.15, 0.2) is 42.5 Å². The number of para-hydroxylation sites is 1. The van der Waals surface area contributed by atoms with Crippen LogP contribution in [0.4, 0.5) is 5.69 Å². The fourth-order valence-corrected chi connectivity index (χ4v) is 2.69. The molecule has 0 bridgehead atoms. The Morgan fingerprint density at radius 1 is 1.20 bits per heavy atom. The zero-order chi connectivity index (χ0) is 18.4. The minimum absolute atomic E-state index is 0.105. The number of anilines is 1. The molecule has 0 aliphatic carbocycles. The van der Waals surface area contributed by atoms with E-state index in [0.29, 0.717) is 28.8 Å². The molecule has 0 saturated carbocycles. The highest BCUT2D eigenvalue weighted by Crippen LogP contribution is 2.31. The van der Waals surface area contributed by atoms with Crippen molar-refractivity contribution in [2.75, 3.05) is 26.6 Å². The molecule has 0 saturated heterocycles. The predicted molar refractivity (Wildman–Crippen MR) is 101 cm³/mol. The van der Waals surface area contributed by atoms with Gasteiger partial charge in [-0.2, -0.15) is 0 Å². The Balaban J connectivity index is 2.07. The monoisotopic (exact) mass is 362 g/mol. The van der Waals surface area contributed by atoms with Crippen LogP contribution in [0.25, 0.3) is 0 Å². The Bertz CT molecular complexity index is 736. The Hall–Kier alpha value is -2.24. The average molecular weight is 363 g/mol. The molecule has 2 rings (SSSR count). The van der Waals surface area contributed by atoms with Crippen molar-refractivity contribution in [3.05, 3.63) is 53.1 Å². The van der Waals surface area contributed by atoms with Gasteiger partial charge in [0.05, 0.1) is 20.3 Å². The van der Waals surface area contributed by atoms with Gasteiger partial charge < -0.3 is 14.8 Å². The lowest BCUT2D eigenvalue weighted by Gasteiger charge is -2.25. The number of benzene rings is 2. The van der Waals surface area contributed by atoms with Crippen LogP contribution in [-0.2, 0) is 11.3 Å². The molecule has 2 aromatic carbocycles. The molecule has 0 radical (unpaired) electrons. The highest BCUT2D eigenvalue weighted by molar-refractivity contribution is 6.30. The second kappa shape index (κ2) is 8.74. The van der Waals surface area contributed by atoms with Gasteiger partial charge in [-0.15, -0.1) is 0 Å². The Labute approximate surface area is 153 Å². The number of nitrogens with one attached hydrogen (secondary N) is 1. The summed E-state index contributed by atoms with van der Waals surface area (Å²) < 4.78 is 10.8. The first-order valence-electron chi connectivity index (χ1n) is 7.92. The van der Waals surface area contributed by atoms with Crippen molar-refractivity contribution >= 4 is 23.2 Å². The van der Waals surface area contributed by atoms with Crippen LogP contribution in [0.5, 0.6) is 11.5 Å². The normalized spacial score (nSPS) is 11.9. The number of likely N-dealkylation sites (N-methyl/N-ethyl adjacent to an activating group) is 1. The van der Waals surface area contributed by atoms with Crippen molar-refractivity contribution in [2.24, 2.45) is 0 Å². The smallest absolute Gasteiger partial charge is 0.241 e. The SMILES string of the molecule is COc1cccc(CN(C)[C@H](C)C(=O)Nc2cccc(Cl)c2)c1OC. The van der Waals surface area contributed by atoms with E-state index in [2.05, 4.69) is 5.32 Å². The van der Waals surface area contributed by atoms with E-state index < -0.39 is 0 Å². The molecule has 1 amide bonds. The first-order chi connectivity index (χ1) is 12.0. The summed E-state index contributed by atoms with van der Waals surface area (Å²) in [5.74, 6) is 1.25. The molecule has 0 fully saturated rings. The van der Waals surface area contributed by atoms with Crippen molar-refractivity contribution in [3.8, 4) is 11.5 Å². The lowest BCUT2D eigenvalue weighted by atomic mass is 10.1. The molecule has 6 heteroatoms. The molecule has 1 N–H and O–H groups in total. The van der Waals surface area contributed by atoms with Crippen LogP contribution >= 0.6 is 11.6 Å². The van der Waals surface area contributed by atoms with E-state index in [0.717, 1.165) is 5.56 Å². The lowest BCUT2D eigenvalue weighted by molar-refractivity contribution is -0.120. The topological polar surface area (TPSA) is 50.8 Å². The molecular formula is C19H23ClN2O3. The van der Waals surface area contributed by atoms with Crippen molar-refractivity contribution < 1.29 is 14.3 Å². The maximum Gasteiger partial charge on any atom is 0.241 e. The van der Waals surface area contributed by atoms with Gasteiger partial charge >= 0.3 is 0 Å². The highest BCUT2D eigenvalue weighted by atomic mass is 35.5. The second-order valence-corrected chi connectivity index (χ2v) is 6.18. The Morgan fingerprint density at radius 2 is 1.92 bits per heavy atom. The summed E-state index contributed by atoms with van der Waals surface area (Å²) in [4.78, 5) is 14.4. The number of rotatable bonds is 7. The Morgan fingerprint density at radius 3 is 2.56 bits per heavy atom. The summed E-state index contributed by atoms with van der Waals surface area (Å²) in [6, 6.07) is 12.5. The van der Waals surface area contributed by atoms with E-state index in [-0.39, 0.29) is 11.9 Å². The fourth-order valence-electron chi connectivity index (χ4n) is 2.50. The van der Waals surface area contributed by atoms with Gasteiger partial charge in [0, 0.05) is 22.8 Å². The number of hydrogen-bond donors (Lipinski definition) is 1. The van der Waals surface area contributed by atoms with Gasteiger partial charge in [0.2, 0.25) is 5.91 Å². The first-order valence-corrected chi connectivity index (χ1v) is 8.30. The van der Waals surface area contributed by atoms with Crippen molar-refractivity contribution in [2.45, 2.75) is 19.5 Å². The highest BCUT2D eigenvalue weighted by Gasteiger charge is 2.20. The van der Waals surface area contributed by atoms with Crippen LogP contribution in [0.3, 0.4) is 0 Å². The van der Waals surface area contributed by atoms with Crippen LogP contribution in [0.2, 0.25) is 5.02 Å². The predicted octanol–water partition coefficient (Wildman–Crippen LogP) is 3.82. The number of carbonyl (C=O) groups is 1. The third kappa shape index (κ3) is 4.87. The number of hydrogen-bond acceptors (Lipinski definition) is 4. The fraction of sp³-hybridized carbons (Fsp3) is 0.316. The number of methoxy groups -OCH3 is 2. The minimum Gasteiger partial charge on any atom is -0.493 e. The molecule has 2 aromatic rings. The van der Waals surface area contributed by atoms with Gasteiger partial charge in [-0.05, 0) is 38.2 Å². The van der Waals surface area contributed by atoms with E-state index in [1.54, 1.807) is 32.4 Å². The van der Waals surface area contributed by atoms with Gasteiger partial charge in [-0.1, -0.05) is 29.8 Å². The quantitative estimate of drug-likeness (QED) is 0.813. The van der Waals surface area contributed by atoms with E-state index in [9.17, 15) is 4.79 Å². The molecule has 1 atom stereocenters. The van der Waals surface area contributed by atoms with Crippen LogP contribution < -0.4 is 14.8 Å². The van der Waals surface area contributed by atoms with E-state index in [1.807, 2.05) is 43.1 Å². The molecule has 5 nitrogen and oxygen atoms in total. The summed E-state index contributed by atoms with van der Waals surface area (Å²) in [6.45, 7) is 2.40. The summed E-state index contributed by atoms with van der Waals surface area (Å²) in [7, 11) is 5.10. The van der Waals surface area contributed by atoms with E-state index in [4.69, 9.17) is 21.1 Å². The molecule has 134 valence electrons. The van der Waals surface area contributed by atoms with Crippen LogP contribution in [-0.4, -0.2) is 38.1 Å². The maximum absolute atomic E-state index is 12.5. The van der Waals surface area contributed by atoms with Gasteiger partial charge in [0.25, 0.3) is 0 Å². The minimum atomic E-state index is -0.338. The second-order valence-electron chi connectivity index (χ2n) is 5.74. The molecule has 0 heterocycles. The maximum atomic E-state index is 12.5. The molecule has 0 aromatic heterocycles. The van der Waals surface area contributed by atoms with Crippen LogP contribution in [0.1, 0.15) is 12.5 Å². The number of carbonyl (C=O) groups excluding carboxylic acids is 1. The lowest BCUT2D eigenvalue weighted by Crippen LogP contribution is -2.39. The molecule has 0 unspecified atom stereocenters. The summed E-state index contributed by atoms with van der Waals surface area (Å²) in [6.07, 6.45) is 0. The van der Waals surface area contributed by atoms with Gasteiger partial charge in [0.1, 0.15) is 0 Å². The Kier molecular flexibility index (Phi) is 6.67. The number of halogens is 1. The van der Waals surface area contributed by atoms with E-state index in [1.165, 1.54) is 0 Å². The standard InChI is InChI=1S/C19H23ClN2O3/c1-13(19(23)21-16-9-6-8-15(20)11-16)22(2)12-14-7-5-10-17(24-3)18(14)25-4/h5-11,13H,12H2,1-4H3,(H,21,23)/t13-/m1/s1. The zero-order valence-electron chi connectivity index (χ0n) is 14.9. The molecule has 25 heavy (non-hydrogen) atoms. The molecule has 0 aliphatic heterocycles. The third-order valence-electron chi connectivity index (χ3n) is 4.04. The number of nitrogens with zero attached hydrogens (tertiary/aromatic N) is 1. The van der Waals surface area contributed by atoms with Crippen molar-refractivity contribution in [3.63, 3.8) is 0 Å². The molecule has 0 spiro atoms. The zero-order valence-corrected chi connectivity index (χ0v) is 15.6. The van der Waals surface area contributed by atoms with Crippen molar-refractivity contribution in [1.29, 1.82) is 0 Å². The summed E-state index contributed by atoms with van der Waals surface area (Å²) >= 11 is 5.95. The number of ether oxygens (including phenoxy) is 2. The third-order valence-corrected chi connectivity index (χ3v) is 4.27. The number of amides is 1. The van der Waals surface area contributed by atoms with Gasteiger partial charge in [-0.3, -0.25) is 9.69 Å². The summed E-state index contributed by atoms with van der Waals surface area (Å²) in [5, 5.41) is 3.46. The summed E-state index contributed by atoms with van der Waals surface area (Å²) in [5.41, 5.74) is 1.63. The van der Waals surface area contributed by atoms with Gasteiger partial charge in [-0.25, -0.2) is 0 Å².